The van der Waals surface area contributed by atoms with Crippen molar-refractivity contribution in [3.63, 3.8) is 0 Å². The van der Waals surface area contributed by atoms with E-state index in [0.29, 0.717) is 5.56 Å². The first-order valence-electron chi connectivity index (χ1n) is 6.49. The van der Waals surface area contributed by atoms with Gasteiger partial charge in [0.2, 0.25) is 0 Å². The number of benzene rings is 2. The third-order valence-electron chi connectivity index (χ3n) is 3.19. The second-order valence-electron chi connectivity index (χ2n) is 4.79. The minimum Gasteiger partial charge on any atom is -0.345 e. The molecule has 2 aromatic carbocycles. The van der Waals surface area contributed by atoms with Gasteiger partial charge >= 0.3 is 0 Å². The van der Waals surface area contributed by atoms with Crippen LogP contribution >= 0.6 is 11.6 Å². The predicted molar refractivity (Wildman–Crippen MR) is 80.3 cm³/mol. The Morgan fingerprint density at radius 1 is 1.22 bits per heavy atom. The first-order valence-corrected chi connectivity index (χ1v) is 6.87. The lowest BCUT2D eigenvalue weighted by molar-refractivity contribution is -0.385. The molecule has 120 valence electrons. The molecule has 1 unspecified atom stereocenters. The molecule has 1 atom stereocenters. The smallest absolute Gasteiger partial charge is 0.283 e. The number of carbonyl (C=O) groups is 1. The molecule has 0 fully saturated rings. The predicted octanol–water partition coefficient (Wildman–Crippen LogP) is 4.02. The Labute approximate surface area is 135 Å². The molecule has 0 spiro atoms. The van der Waals surface area contributed by atoms with E-state index in [-0.39, 0.29) is 10.6 Å². The zero-order valence-electron chi connectivity index (χ0n) is 11.8. The van der Waals surface area contributed by atoms with Crippen LogP contribution in [0.2, 0.25) is 5.02 Å². The first kappa shape index (κ1) is 16.8. The van der Waals surface area contributed by atoms with Crippen molar-refractivity contribution in [3.8, 4) is 0 Å². The number of nitrogens with one attached hydrogen (secondary N) is 1. The summed E-state index contributed by atoms with van der Waals surface area (Å²) in [6, 6.07) is 6.19. The Balaban J connectivity index is 2.25. The molecule has 2 aromatic rings. The minimum absolute atomic E-state index is 0.127. The Bertz CT molecular complexity index is 783. The van der Waals surface area contributed by atoms with Crippen LogP contribution in [-0.2, 0) is 0 Å². The summed E-state index contributed by atoms with van der Waals surface area (Å²) in [5.41, 5.74) is -0.282. The summed E-state index contributed by atoms with van der Waals surface area (Å²) in [6.07, 6.45) is 0. The fraction of sp³-hybridized carbons (Fsp3) is 0.133. The largest absolute Gasteiger partial charge is 0.345 e. The lowest BCUT2D eigenvalue weighted by Crippen LogP contribution is -2.27. The van der Waals surface area contributed by atoms with Gasteiger partial charge in [-0.3, -0.25) is 14.9 Å². The summed E-state index contributed by atoms with van der Waals surface area (Å²) in [5.74, 6) is -2.76. The van der Waals surface area contributed by atoms with Crippen molar-refractivity contribution in [2.45, 2.75) is 13.0 Å². The highest BCUT2D eigenvalue weighted by Gasteiger charge is 2.22. The maximum absolute atomic E-state index is 13.2. The van der Waals surface area contributed by atoms with Crippen molar-refractivity contribution in [3.05, 3.63) is 74.3 Å². The zero-order chi connectivity index (χ0) is 17.1. The summed E-state index contributed by atoms with van der Waals surface area (Å²) >= 11 is 5.69. The monoisotopic (exact) mass is 340 g/mol. The van der Waals surface area contributed by atoms with Crippen LogP contribution in [0.25, 0.3) is 0 Å². The topological polar surface area (TPSA) is 72.2 Å². The van der Waals surface area contributed by atoms with Crippen molar-refractivity contribution in [2.24, 2.45) is 0 Å². The van der Waals surface area contributed by atoms with Crippen molar-refractivity contribution in [1.82, 2.24) is 5.32 Å². The van der Waals surface area contributed by atoms with Crippen LogP contribution in [0.4, 0.5) is 14.5 Å². The van der Waals surface area contributed by atoms with E-state index < -0.39 is 34.2 Å². The van der Waals surface area contributed by atoms with Crippen LogP contribution in [0.15, 0.2) is 36.4 Å². The van der Waals surface area contributed by atoms with Gasteiger partial charge in [-0.25, -0.2) is 8.78 Å². The summed E-state index contributed by atoms with van der Waals surface area (Å²) in [4.78, 5) is 22.5. The molecule has 0 saturated carbocycles. The highest BCUT2D eigenvalue weighted by atomic mass is 35.5. The molecule has 0 heterocycles. The molecule has 2 rings (SSSR count). The quantitative estimate of drug-likeness (QED) is 0.675. The molecule has 0 aliphatic carbocycles. The number of hydrogen-bond donors (Lipinski definition) is 1. The molecule has 0 saturated heterocycles. The van der Waals surface area contributed by atoms with Gasteiger partial charge in [0, 0.05) is 11.1 Å². The summed E-state index contributed by atoms with van der Waals surface area (Å²) in [7, 11) is 0. The highest BCUT2D eigenvalue weighted by Crippen LogP contribution is 2.24. The minimum atomic E-state index is -1.04. The second kappa shape index (κ2) is 6.70. The highest BCUT2D eigenvalue weighted by molar-refractivity contribution is 6.31. The van der Waals surface area contributed by atoms with Gasteiger partial charge in [0.05, 0.1) is 11.0 Å². The Kier molecular flexibility index (Phi) is 4.90. The van der Waals surface area contributed by atoms with E-state index in [2.05, 4.69) is 5.32 Å². The number of rotatable bonds is 4. The van der Waals surface area contributed by atoms with Gasteiger partial charge in [-0.1, -0.05) is 17.7 Å². The molecule has 0 radical (unpaired) electrons. The molecule has 5 nitrogen and oxygen atoms in total. The van der Waals surface area contributed by atoms with Crippen LogP contribution in [0.3, 0.4) is 0 Å². The number of halogens is 3. The van der Waals surface area contributed by atoms with Gasteiger partial charge in [-0.15, -0.1) is 0 Å². The molecule has 1 amide bonds. The van der Waals surface area contributed by atoms with E-state index in [1.807, 2.05) is 0 Å². The number of amides is 1. The average Bonchev–Trinajstić information content (AvgIpc) is 2.49. The van der Waals surface area contributed by atoms with Crippen LogP contribution in [-0.4, -0.2) is 10.8 Å². The average molecular weight is 341 g/mol. The number of hydrogen-bond acceptors (Lipinski definition) is 3. The van der Waals surface area contributed by atoms with Gasteiger partial charge in [-0.05, 0) is 36.8 Å². The zero-order valence-corrected chi connectivity index (χ0v) is 12.6. The van der Waals surface area contributed by atoms with Gasteiger partial charge in [0.1, 0.15) is 5.56 Å². The van der Waals surface area contributed by atoms with Gasteiger partial charge in [-0.2, -0.15) is 0 Å². The maximum Gasteiger partial charge on any atom is 0.283 e. The third-order valence-corrected chi connectivity index (χ3v) is 3.43. The molecule has 0 bridgehead atoms. The molecule has 0 aromatic heterocycles. The molecule has 0 aliphatic rings. The van der Waals surface area contributed by atoms with Crippen molar-refractivity contribution in [1.29, 1.82) is 0 Å². The molecule has 0 aliphatic heterocycles. The van der Waals surface area contributed by atoms with Crippen LogP contribution in [0, 0.1) is 21.7 Å². The number of carbonyl (C=O) groups excluding carboxylic acids is 1. The molecular formula is C15H11ClF2N2O3. The lowest BCUT2D eigenvalue weighted by Gasteiger charge is -2.14. The SMILES string of the molecule is CC(NC(=O)c1ccc(Cl)cc1[N+](=O)[O-])c1ccc(F)c(F)c1. The maximum atomic E-state index is 13.2. The van der Waals surface area contributed by atoms with Crippen molar-refractivity contribution in [2.75, 3.05) is 0 Å². The molecule has 1 N–H and O–H groups in total. The summed E-state index contributed by atoms with van der Waals surface area (Å²) in [5, 5.41) is 13.6. The third kappa shape index (κ3) is 3.81. The lowest BCUT2D eigenvalue weighted by atomic mass is 10.1. The van der Waals surface area contributed by atoms with E-state index in [4.69, 9.17) is 11.6 Å². The van der Waals surface area contributed by atoms with Crippen LogP contribution in [0.1, 0.15) is 28.9 Å². The van der Waals surface area contributed by atoms with E-state index in [1.165, 1.54) is 18.2 Å². The van der Waals surface area contributed by atoms with Gasteiger partial charge in [0.15, 0.2) is 11.6 Å². The first-order chi connectivity index (χ1) is 10.8. The van der Waals surface area contributed by atoms with Crippen LogP contribution in [0.5, 0.6) is 0 Å². The molecular weight excluding hydrogens is 330 g/mol. The standard InChI is InChI=1S/C15H11ClF2N2O3/c1-8(9-2-5-12(17)13(18)6-9)19-15(21)11-4-3-10(16)7-14(11)20(22)23/h2-8H,1H3,(H,19,21). The number of nitro groups is 1. The Hall–Kier alpha value is -2.54. The fourth-order valence-corrected chi connectivity index (χ4v) is 2.15. The van der Waals surface area contributed by atoms with Gasteiger partial charge < -0.3 is 5.32 Å². The second-order valence-corrected chi connectivity index (χ2v) is 5.22. The normalized spacial score (nSPS) is 11.8. The van der Waals surface area contributed by atoms with E-state index in [1.54, 1.807) is 6.92 Å². The summed E-state index contributed by atoms with van der Waals surface area (Å²) in [6.45, 7) is 1.55. The van der Waals surface area contributed by atoms with E-state index >= 15 is 0 Å². The van der Waals surface area contributed by atoms with Gasteiger partial charge in [0.25, 0.3) is 11.6 Å². The molecule has 8 heteroatoms. The number of nitrogens with zero attached hydrogens (tertiary/aromatic N) is 1. The molecule has 23 heavy (non-hydrogen) atoms. The van der Waals surface area contributed by atoms with E-state index in [9.17, 15) is 23.7 Å². The Morgan fingerprint density at radius 3 is 2.52 bits per heavy atom. The van der Waals surface area contributed by atoms with E-state index in [0.717, 1.165) is 18.2 Å². The number of nitro benzene ring substituents is 1. The summed E-state index contributed by atoms with van der Waals surface area (Å²) < 4.78 is 26.1. The van der Waals surface area contributed by atoms with Crippen LogP contribution < -0.4 is 5.32 Å². The fourth-order valence-electron chi connectivity index (χ4n) is 1.99. The Morgan fingerprint density at radius 2 is 1.91 bits per heavy atom. The van der Waals surface area contributed by atoms with Crippen molar-refractivity contribution >= 4 is 23.2 Å². The van der Waals surface area contributed by atoms with Crippen molar-refractivity contribution < 1.29 is 18.5 Å².